The number of amides is 1. The van der Waals surface area contributed by atoms with E-state index in [4.69, 9.17) is 11.6 Å². The van der Waals surface area contributed by atoms with Crippen LogP contribution in [0.15, 0.2) is 12.1 Å². The van der Waals surface area contributed by atoms with Gasteiger partial charge >= 0.3 is 0 Å². The number of ketones is 1. The Morgan fingerprint density at radius 2 is 1.71 bits per heavy atom. The number of hydrogen-bond donors (Lipinski definition) is 1. The monoisotopic (exact) mass is 265 g/mol. The van der Waals surface area contributed by atoms with Crippen molar-refractivity contribution in [1.82, 2.24) is 0 Å². The molecule has 7 heteroatoms. The van der Waals surface area contributed by atoms with Gasteiger partial charge in [0.05, 0.1) is 12.3 Å². The molecule has 1 rings (SSSR count). The quantitative estimate of drug-likeness (QED) is 0.670. The van der Waals surface area contributed by atoms with Crippen LogP contribution in [0.2, 0.25) is 0 Å². The van der Waals surface area contributed by atoms with Gasteiger partial charge in [-0.1, -0.05) is 0 Å². The molecule has 1 amide bonds. The summed E-state index contributed by atoms with van der Waals surface area (Å²) in [6.07, 6.45) is -0.597. The van der Waals surface area contributed by atoms with Crippen molar-refractivity contribution in [3.05, 3.63) is 29.6 Å². The average molecular weight is 266 g/mol. The van der Waals surface area contributed by atoms with Crippen molar-refractivity contribution in [3.8, 4) is 0 Å². The number of carbonyl (C=O) groups is 2. The third-order valence-corrected chi connectivity index (χ3v) is 2.08. The second kappa shape index (κ2) is 5.67. The average Bonchev–Trinajstić information content (AvgIpc) is 2.23. The highest BCUT2D eigenvalue weighted by Gasteiger charge is 2.15. The van der Waals surface area contributed by atoms with E-state index in [9.17, 15) is 22.8 Å². The van der Waals surface area contributed by atoms with Crippen molar-refractivity contribution in [2.45, 2.75) is 6.42 Å². The summed E-state index contributed by atoms with van der Waals surface area (Å²) >= 11 is 5.16. The minimum Gasteiger partial charge on any atom is -0.321 e. The number of hydrogen-bond acceptors (Lipinski definition) is 2. The summed E-state index contributed by atoms with van der Waals surface area (Å²) in [6.45, 7) is 0. The van der Waals surface area contributed by atoms with E-state index in [0.717, 1.165) is 0 Å². The zero-order valence-corrected chi connectivity index (χ0v) is 9.15. The van der Waals surface area contributed by atoms with Gasteiger partial charge in [0.1, 0.15) is 11.5 Å². The number of nitrogens with one attached hydrogen (secondary N) is 1. The third-order valence-electron chi connectivity index (χ3n) is 1.78. The summed E-state index contributed by atoms with van der Waals surface area (Å²) in [5.41, 5.74) is -0.793. The smallest absolute Gasteiger partial charge is 0.232 e. The second-order valence-corrected chi connectivity index (χ2v) is 3.41. The summed E-state index contributed by atoms with van der Waals surface area (Å²) < 4.78 is 38.7. The van der Waals surface area contributed by atoms with Gasteiger partial charge in [0, 0.05) is 12.1 Å². The van der Waals surface area contributed by atoms with Crippen LogP contribution in [-0.2, 0) is 9.59 Å². The highest BCUT2D eigenvalue weighted by molar-refractivity contribution is 6.29. The van der Waals surface area contributed by atoms with E-state index in [-0.39, 0.29) is 5.88 Å². The third kappa shape index (κ3) is 3.74. The van der Waals surface area contributed by atoms with E-state index in [1.165, 1.54) is 0 Å². The molecule has 0 bridgehead atoms. The van der Waals surface area contributed by atoms with Crippen LogP contribution >= 0.6 is 11.6 Å². The van der Waals surface area contributed by atoms with Crippen molar-refractivity contribution < 1.29 is 22.8 Å². The van der Waals surface area contributed by atoms with E-state index in [1.54, 1.807) is 0 Å². The van der Waals surface area contributed by atoms with Gasteiger partial charge < -0.3 is 5.32 Å². The lowest BCUT2D eigenvalue weighted by atomic mass is 10.2. The lowest BCUT2D eigenvalue weighted by molar-refractivity contribution is -0.124. The largest absolute Gasteiger partial charge is 0.321 e. The van der Waals surface area contributed by atoms with Gasteiger partial charge in [0.25, 0.3) is 0 Å². The summed E-state index contributed by atoms with van der Waals surface area (Å²) in [5.74, 6) is -5.49. The summed E-state index contributed by atoms with van der Waals surface area (Å²) in [6, 6.07) is 0.837. The summed E-state index contributed by atoms with van der Waals surface area (Å²) in [5, 5.41) is 1.84. The fraction of sp³-hybridized carbons (Fsp3) is 0.200. The number of halogens is 4. The fourth-order valence-corrected chi connectivity index (χ4v) is 1.17. The van der Waals surface area contributed by atoms with Gasteiger partial charge in [-0.15, -0.1) is 11.6 Å². The molecule has 0 spiro atoms. The van der Waals surface area contributed by atoms with Crippen LogP contribution in [0, 0.1) is 17.5 Å². The first-order valence-electron chi connectivity index (χ1n) is 4.46. The Morgan fingerprint density at radius 1 is 1.18 bits per heavy atom. The molecule has 0 radical (unpaired) electrons. The van der Waals surface area contributed by atoms with Crippen LogP contribution in [0.25, 0.3) is 0 Å². The van der Waals surface area contributed by atoms with Gasteiger partial charge in [-0.05, 0) is 0 Å². The molecule has 0 aliphatic heterocycles. The summed E-state index contributed by atoms with van der Waals surface area (Å²) in [7, 11) is 0. The number of carbonyl (C=O) groups excluding carboxylic acids is 2. The van der Waals surface area contributed by atoms with Crippen molar-refractivity contribution in [2.24, 2.45) is 0 Å². The van der Waals surface area contributed by atoms with E-state index in [1.807, 2.05) is 5.32 Å². The van der Waals surface area contributed by atoms with Gasteiger partial charge in [-0.3, -0.25) is 9.59 Å². The molecule has 1 N–H and O–H groups in total. The van der Waals surface area contributed by atoms with E-state index >= 15 is 0 Å². The predicted octanol–water partition coefficient (Wildman–Crippen LogP) is 2.24. The molecule has 0 aliphatic rings. The van der Waals surface area contributed by atoms with Gasteiger partial charge in [-0.25, -0.2) is 13.2 Å². The number of alkyl halides is 1. The van der Waals surface area contributed by atoms with Crippen LogP contribution in [0.5, 0.6) is 0 Å². The maximum Gasteiger partial charge on any atom is 0.232 e. The fourth-order valence-electron chi connectivity index (χ4n) is 1.07. The molecule has 3 nitrogen and oxygen atoms in total. The SMILES string of the molecule is O=C(CCl)CC(=O)Nc1c(F)cc(F)cc1F. The molecule has 17 heavy (non-hydrogen) atoms. The first kappa shape index (κ1) is 13.5. The van der Waals surface area contributed by atoms with Gasteiger partial charge in [-0.2, -0.15) is 0 Å². The highest BCUT2D eigenvalue weighted by Crippen LogP contribution is 2.20. The molecule has 1 aromatic carbocycles. The number of Topliss-reactive ketones (excluding diaryl/α,β-unsaturated/α-hetero) is 1. The zero-order chi connectivity index (χ0) is 13.0. The minimum absolute atomic E-state index is 0.373. The number of anilines is 1. The molecule has 0 saturated heterocycles. The molecule has 0 aliphatic carbocycles. The highest BCUT2D eigenvalue weighted by atomic mass is 35.5. The van der Waals surface area contributed by atoms with E-state index in [2.05, 4.69) is 0 Å². The zero-order valence-electron chi connectivity index (χ0n) is 8.40. The van der Waals surface area contributed by atoms with Crippen LogP contribution in [-0.4, -0.2) is 17.6 Å². The Kier molecular flexibility index (Phi) is 4.51. The van der Waals surface area contributed by atoms with Crippen molar-refractivity contribution in [1.29, 1.82) is 0 Å². The van der Waals surface area contributed by atoms with Gasteiger partial charge in [0.15, 0.2) is 17.4 Å². The molecular weight excluding hydrogens is 259 g/mol. The molecule has 1 aromatic rings. The van der Waals surface area contributed by atoms with E-state index in [0.29, 0.717) is 12.1 Å². The van der Waals surface area contributed by atoms with Crippen LogP contribution in [0.3, 0.4) is 0 Å². The molecule has 0 saturated carbocycles. The number of rotatable bonds is 4. The van der Waals surface area contributed by atoms with Crippen molar-refractivity contribution in [2.75, 3.05) is 11.2 Å². The topological polar surface area (TPSA) is 46.2 Å². The molecule has 0 unspecified atom stereocenters. The lowest BCUT2D eigenvalue weighted by Crippen LogP contribution is -2.18. The Balaban J connectivity index is 2.82. The first-order chi connectivity index (χ1) is 7.93. The van der Waals surface area contributed by atoms with Gasteiger partial charge in [0.2, 0.25) is 5.91 Å². The number of benzene rings is 1. The van der Waals surface area contributed by atoms with Crippen LogP contribution in [0.4, 0.5) is 18.9 Å². The lowest BCUT2D eigenvalue weighted by Gasteiger charge is -2.06. The Morgan fingerprint density at radius 3 is 2.18 bits per heavy atom. The molecule has 0 heterocycles. The maximum atomic E-state index is 13.1. The second-order valence-electron chi connectivity index (χ2n) is 3.14. The molecule has 0 aromatic heterocycles. The summed E-state index contributed by atoms with van der Waals surface area (Å²) in [4.78, 5) is 21.9. The predicted molar refractivity (Wildman–Crippen MR) is 55.3 cm³/mol. The molecule has 0 fully saturated rings. The van der Waals surface area contributed by atoms with E-state index < -0.39 is 41.3 Å². The molecule has 92 valence electrons. The van der Waals surface area contributed by atoms with Crippen LogP contribution < -0.4 is 5.32 Å². The Hall–Kier alpha value is -1.56. The first-order valence-corrected chi connectivity index (χ1v) is 4.99. The van der Waals surface area contributed by atoms with Crippen molar-refractivity contribution >= 4 is 29.0 Å². The van der Waals surface area contributed by atoms with Crippen molar-refractivity contribution in [3.63, 3.8) is 0 Å². The maximum absolute atomic E-state index is 13.1. The standard InChI is InChI=1S/C10H7ClF3NO2/c11-4-6(16)3-9(17)15-10-7(13)1-5(12)2-8(10)14/h1-2H,3-4H2,(H,15,17). The normalized spacial score (nSPS) is 10.1. The minimum atomic E-state index is -1.26. The Bertz CT molecular complexity index is 442. The molecular formula is C10H7ClF3NO2. The van der Waals surface area contributed by atoms with Crippen LogP contribution in [0.1, 0.15) is 6.42 Å². The molecule has 0 atom stereocenters. The Labute approximate surface area is 99.6 Å².